The highest BCUT2D eigenvalue weighted by Gasteiger charge is 2.10. The molecule has 0 atom stereocenters. The molecule has 3 aromatic rings. The zero-order valence-corrected chi connectivity index (χ0v) is 12.0. The summed E-state index contributed by atoms with van der Waals surface area (Å²) in [4.78, 5) is 0.857. The van der Waals surface area contributed by atoms with E-state index in [1.165, 1.54) is 11.8 Å². The molecule has 6 heteroatoms. The fourth-order valence-electron chi connectivity index (χ4n) is 1.66. The quantitative estimate of drug-likeness (QED) is 0.721. The van der Waals surface area contributed by atoms with Crippen LogP contribution in [0.3, 0.4) is 0 Å². The topological polar surface area (TPSA) is 54.0 Å². The van der Waals surface area contributed by atoms with Crippen molar-refractivity contribution >= 4 is 33.3 Å². The highest BCUT2D eigenvalue weighted by molar-refractivity contribution is 9.10. The summed E-state index contributed by atoms with van der Waals surface area (Å²) in [6.45, 7) is 0. The van der Waals surface area contributed by atoms with Gasteiger partial charge < -0.3 is 0 Å². The zero-order chi connectivity index (χ0) is 13.2. The number of benzene rings is 1. The van der Waals surface area contributed by atoms with Gasteiger partial charge in [-0.2, -0.15) is 5.26 Å². The van der Waals surface area contributed by atoms with E-state index in [9.17, 15) is 0 Å². The van der Waals surface area contributed by atoms with E-state index < -0.39 is 0 Å². The van der Waals surface area contributed by atoms with Gasteiger partial charge in [0.05, 0.1) is 5.56 Å². The third-order valence-corrected chi connectivity index (χ3v) is 4.06. The van der Waals surface area contributed by atoms with Crippen molar-refractivity contribution < 1.29 is 0 Å². The smallest absolute Gasteiger partial charge is 0.200 e. The Hall–Kier alpha value is -1.84. The van der Waals surface area contributed by atoms with E-state index in [-0.39, 0.29) is 0 Å². The summed E-state index contributed by atoms with van der Waals surface area (Å²) in [6, 6.07) is 13.5. The second-order valence-corrected chi connectivity index (χ2v) is 5.69. The highest BCUT2D eigenvalue weighted by Crippen LogP contribution is 2.31. The van der Waals surface area contributed by atoms with Crippen LogP contribution in [-0.2, 0) is 0 Å². The Kier molecular flexibility index (Phi) is 3.23. The summed E-state index contributed by atoms with van der Waals surface area (Å²) in [5, 5.41) is 18.1. The van der Waals surface area contributed by atoms with E-state index in [0.29, 0.717) is 5.56 Å². The molecule has 0 aliphatic carbocycles. The maximum Gasteiger partial charge on any atom is 0.200 e. The van der Waals surface area contributed by atoms with Crippen LogP contribution >= 0.6 is 27.7 Å². The molecule has 1 aromatic carbocycles. The summed E-state index contributed by atoms with van der Waals surface area (Å²) in [5.74, 6) is 0. The van der Waals surface area contributed by atoms with Crippen LogP contribution in [0.4, 0.5) is 0 Å². The maximum atomic E-state index is 9.13. The zero-order valence-electron chi connectivity index (χ0n) is 9.62. The van der Waals surface area contributed by atoms with Crippen molar-refractivity contribution in [2.24, 2.45) is 0 Å². The molecule has 4 nitrogen and oxygen atoms in total. The number of nitrogens with zero attached hydrogens (tertiary/aromatic N) is 4. The Morgan fingerprint density at radius 2 is 2.11 bits per heavy atom. The van der Waals surface area contributed by atoms with Crippen LogP contribution in [0, 0.1) is 11.3 Å². The van der Waals surface area contributed by atoms with Gasteiger partial charge >= 0.3 is 0 Å². The lowest BCUT2D eigenvalue weighted by Gasteiger charge is -2.03. The molecule has 0 fully saturated rings. The second kappa shape index (κ2) is 5.03. The molecular weight excluding hydrogens is 324 g/mol. The van der Waals surface area contributed by atoms with Gasteiger partial charge in [0.25, 0.3) is 0 Å². The van der Waals surface area contributed by atoms with Gasteiger partial charge in [-0.05, 0) is 42.1 Å². The van der Waals surface area contributed by atoms with Crippen molar-refractivity contribution in [2.75, 3.05) is 0 Å². The number of hydrogen-bond acceptors (Lipinski definition) is 4. The Balaban J connectivity index is 2.06. The Labute approximate surface area is 122 Å². The lowest BCUT2D eigenvalue weighted by molar-refractivity contribution is 0.921. The fraction of sp³-hybridized carbons (Fsp3) is 0. The number of pyridine rings is 1. The van der Waals surface area contributed by atoms with Crippen LogP contribution in [0.5, 0.6) is 0 Å². The van der Waals surface area contributed by atoms with Crippen LogP contribution in [0.15, 0.2) is 57.1 Å². The predicted molar refractivity (Wildman–Crippen MR) is 76.0 cm³/mol. The predicted octanol–water partition coefficient (Wildman–Crippen LogP) is 3.51. The molecule has 0 radical (unpaired) electrons. The molecule has 0 spiro atoms. The maximum absolute atomic E-state index is 9.13. The Morgan fingerprint density at radius 1 is 1.21 bits per heavy atom. The van der Waals surface area contributed by atoms with Crippen molar-refractivity contribution in [1.82, 2.24) is 14.6 Å². The molecule has 92 valence electrons. The molecule has 2 aromatic heterocycles. The van der Waals surface area contributed by atoms with Gasteiger partial charge in [0.1, 0.15) is 6.07 Å². The van der Waals surface area contributed by atoms with Crippen molar-refractivity contribution in [3.05, 3.63) is 52.6 Å². The molecule has 0 saturated heterocycles. The second-order valence-electron chi connectivity index (χ2n) is 3.77. The molecule has 0 amide bonds. The van der Waals surface area contributed by atoms with Crippen molar-refractivity contribution in [1.29, 1.82) is 5.26 Å². The standard InChI is InChI=1S/C13H7BrN4S/c14-10-5-4-9(8-15)11(7-10)19-13-17-16-12-3-1-2-6-18(12)13/h1-7H. The minimum atomic E-state index is 0.626. The first-order valence-corrected chi connectivity index (χ1v) is 7.06. The lowest BCUT2D eigenvalue weighted by atomic mass is 10.2. The molecule has 0 saturated carbocycles. The van der Waals surface area contributed by atoms with Crippen LogP contribution in [0.25, 0.3) is 5.65 Å². The van der Waals surface area contributed by atoms with Gasteiger partial charge in [0, 0.05) is 15.6 Å². The number of rotatable bonds is 2. The number of aromatic nitrogens is 3. The average Bonchev–Trinajstić information content (AvgIpc) is 2.83. The third kappa shape index (κ3) is 2.35. The summed E-state index contributed by atoms with van der Waals surface area (Å²) in [7, 11) is 0. The Morgan fingerprint density at radius 3 is 2.95 bits per heavy atom. The average molecular weight is 331 g/mol. The van der Waals surface area contributed by atoms with E-state index in [2.05, 4.69) is 32.2 Å². The number of fused-ring (bicyclic) bond motifs is 1. The molecular formula is C13H7BrN4S. The van der Waals surface area contributed by atoms with E-state index in [4.69, 9.17) is 5.26 Å². The number of nitriles is 1. The van der Waals surface area contributed by atoms with Crippen molar-refractivity contribution in [2.45, 2.75) is 10.1 Å². The van der Waals surface area contributed by atoms with Crippen molar-refractivity contribution in [3.8, 4) is 6.07 Å². The summed E-state index contributed by atoms with van der Waals surface area (Å²) < 4.78 is 2.83. The third-order valence-electron chi connectivity index (χ3n) is 2.55. The summed E-state index contributed by atoms with van der Waals surface area (Å²) in [6.07, 6.45) is 1.90. The first-order chi connectivity index (χ1) is 9.28. The molecule has 0 aliphatic rings. The minimum absolute atomic E-state index is 0.626. The molecule has 0 N–H and O–H groups in total. The Bertz CT molecular complexity index is 791. The molecule has 0 bridgehead atoms. The first-order valence-electron chi connectivity index (χ1n) is 5.45. The van der Waals surface area contributed by atoms with Gasteiger partial charge in [-0.3, -0.25) is 4.40 Å². The SMILES string of the molecule is N#Cc1ccc(Br)cc1Sc1nnc2ccccn12. The molecule has 0 unspecified atom stereocenters. The normalized spacial score (nSPS) is 10.5. The van der Waals surface area contributed by atoms with Crippen molar-refractivity contribution in [3.63, 3.8) is 0 Å². The highest BCUT2D eigenvalue weighted by atomic mass is 79.9. The van der Waals surface area contributed by atoms with Gasteiger partial charge in [0.2, 0.25) is 0 Å². The van der Waals surface area contributed by atoms with Gasteiger partial charge in [-0.15, -0.1) is 10.2 Å². The molecule has 19 heavy (non-hydrogen) atoms. The van der Waals surface area contributed by atoms with Crippen LogP contribution in [0.2, 0.25) is 0 Å². The van der Waals surface area contributed by atoms with Gasteiger partial charge in [-0.1, -0.05) is 22.0 Å². The van der Waals surface area contributed by atoms with E-state index in [1.54, 1.807) is 6.07 Å². The molecule has 3 rings (SSSR count). The van der Waals surface area contributed by atoms with E-state index >= 15 is 0 Å². The number of halogens is 1. The van der Waals surface area contributed by atoms with Crippen LogP contribution in [-0.4, -0.2) is 14.6 Å². The monoisotopic (exact) mass is 330 g/mol. The lowest BCUT2D eigenvalue weighted by Crippen LogP contribution is -1.87. The largest absolute Gasteiger partial charge is 0.277 e. The number of hydrogen-bond donors (Lipinski definition) is 0. The minimum Gasteiger partial charge on any atom is -0.277 e. The van der Waals surface area contributed by atoms with Gasteiger partial charge in [0.15, 0.2) is 10.8 Å². The molecule has 0 aliphatic heterocycles. The van der Waals surface area contributed by atoms with E-state index in [1.807, 2.05) is 40.9 Å². The van der Waals surface area contributed by atoms with E-state index in [0.717, 1.165) is 20.2 Å². The molecule has 2 heterocycles. The fourth-order valence-corrected chi connectivity index (χ4v) is 3.11. The van der Waals surface area contributed by atoms with Gasteiger partial charge in [-0.25, -0.2) is 0 Å². The van der Waals surface area contributed by atoms with Crippen LogP contribution in [0.1, 0.15) is 5.56 Å². The summed E-state index contributed by atoms with van der Waals surface area (Å²) >= 11 is 4.84. The van der Waals surface area contributed by atoms with Crippen LogP contribution < -0.4 is 0 Å². The summed E-state index contributed by atoms with van der Waals surface area (Å²) in [5.41, 5.74) is 1.42. The first kappa shape index (κ1) is 12.2.